The number of pyridine rings is 1. The number of methoxy groups -OCH3 is 2. The summed E-state index contributed by atoms with van der Waals surface area (Å²) in [5, 5.41) is 9.66. The van der Waals surface area contributed by atoms with E-state index in [-0.39, 0.29) is 12.0 Å². The van der Waals surface area contributed by atoms with E-state index in [9.17, 15) is 4.79 Å². The first-order chi connectivity index (χ1) is 11.7. The van der Waals surface area contributed by atoms with E-state index in [1.54, 1.807) is 43.2 Å². The molecule has 0 aliphatic rings. The fraction of sp³-hybridized carbons (Fsp3) is 0.158. The van der Waals surface area contributed by atoms with Gasteiger partial charge in [-0.25, -0.2) is 0 Å². The van der Waals surface area contributed by atoms with Gasteiger partial charge in [-0.3, -0.25) is 4.79 Å². The first-order valence-electron chi connectivity index (χ1n) is 7.40. The smallest absolute Gasteiger partial charge is 0.197 e. The van der Waals surface area contributed by atoms with E-state index in [1.165, 1.54) is 0 Å². The summed E-state index contributed by atoms with van der Waals surface area (Å²) in [5.41, 5.74) is 1.93. The van der Waals surface area contributed by atoms with Crippen LogP contribution in [0.25, 0.3) is 22.0 Å². The molecule has 120 valence electrons. The Bertz CT molecular complexity index is 982. The molecule has 5 heteroatoms. The maximum Gasteiger partial charge on any atom is 0.197 e. The van der Waals surface area contributed by atoms with Crippen LogP contribution in [0.1, 0.15) is 0 Å². The van der Waals surface area contributed by atoms with E-state index >= 15 is 0 Å². The third kappa shape index (κ3) is 2.70. The van der Waals surface area contributed by atoms with Crippen LogP contribution in [0.5, 0.6) is 11.5 Å². The molecule has 0 unspecified atom stereocenters. The minimum absolute atomic E-state index is 0.0768. The number of nitriles is 1. The molecule has 1 aromatic heterocycles. The highest BCUT2D eigenvalue weighted by Crippen LogP contribution is 2.24. The minimum Gasteiger partial charge on any atom is -0.497 e. The van der Waals surface area contributed by atoms with Gasteiger partial charge in [0.2, 0.25) is 0 Å². The molecule has 5 nitrogen and oxygen atoms in total. The summed E-state index contributed by atoms with van der Waals surface area (Å²) in [7, 11) is 3.16. The molecule has 3 rings (SSSR count). The summed E-state index contributed by atoms with van der Waals surface area (Å²) >= 11 is 0. The van der Waals surface area contributed by atoms with Crippen LogP contribution in [0.15, 0.2) is 53.5 Å². The normalized spacial score (nSPS) is 10.4. The quantitative estimate of drug-likeness (QED) is 0.740. The monoisotopic (exact) mass is 320 g/mol. The van der Waals surface area contributed by atoms with Crippen LogP contribution in [-0.2, 0) is 6.54 Å². The van der Waals surface area contributed by atoms with Crippen molar-refractivity contribution in [2.24, 2.45) is 0 Å². The van der Waals surface area contributed by atoms with Gasteiger partial charge in [0, 0.05) is 23.2 Å². The molecule has 0 aliphatic carbocycles. The second kappa shape index (κ2) is 6.47. The van der Waals surface area contributed by atoms with Gasteiger partial charge < -0.3 is 14.0 Å². The zero-order chi connectivity index (χ0) is 17.1. The Morgan fingerprint density at radius 2 is 1.71 bits per heavy atom. The van der Waals surface area contributed by atoms with Crippen LogP contribution in [0.4, 0.5) is 0 Å². The molecular weight excluding hydrogens is 304 g/mol. The molecule has 0 saturated heterocycles. The highest BCUT2D eigenvalue weighted by Gasteiger charge is 2.12. The van der Waals surface area contributed by atoms with Crippen LogP contribution >= 0.6 is 0 Å². The van der Waals surface area contributed by atoms with Gasteiger partial charge in [-0.15, -0.1) is 0 Å². The van der Waals surface area contributed by atoms with Crippen molar-refractivity contribution in [2.75, 3.05) is 14.2 Å². The van der Waals surface area contributed by atoms with Gasteiger partial charge in [-0.2, -0.15) is 5.26 Å². The van der Waals surface area contributed by atoms with Gasteiger partial charge in [-0.1, -0.05) is 12.1 Å². The second-order valence-corrected chi connectivity index (χ2v) is 5.27. The topological polar surface area (TPSA) is 64.2 Å². The molecule has 0 saturated carbocycles. The van der Waals surface area contributed by atoms with Gasteiger partial charge in [0.1, 0.15) is 18.0 Å². The molecule has 0 spiro atoms. The Morgan fingerprint density at radius 1 is 1.04 bits per heavy atom. The van der Waals surface area contributed by atoms with Crippen molar-refractivity contribution in [3.05, 3.63) is 58.9 Å². The van der Waals surface area contributed by atoms with E-state index in [1.807, 2.05) is 24.3 Å². The van der Waals surface area contributed by atoms with E-state index in [2.05, 4.69) is 6.07 Å². The van der Waals surface area contributed by atoms with Crippen LogP contribution in [0.3, 0.4) is 0 Å². The Labute approximate surface area is 139 Å². The van der Waals surface area contributed by atoms with Gasteiger partial charge >= 0.3 is 0 Å². The second-order valence-electron chi connectivity index (χ2n) is 5.27. The maximum absolute atomic E-state index is 12.9. The molecule has 0 bridgehead atoms. The van der Waals surface area contributed by atoms with Crippen LogP contribution in [0.2, 0.25) is 0 Å². The lowest BCUT2D eigenvalue weighted by Crippen LogP contribution is -2.12. The van der Waals surface area contributed by atoms with Crippen molar-refractivity contribution in [3.63, 3.8) is 0 Å². The van der Waals surface area contributed by atoms with Gasteiger partial charge in [0.15, 0.2) is 5.43 Å². The zero-order valence-electron chi connectivity index (χ0n) is 13.4. The summed E-state index contributed by atoms with van der Waals surface area (Å²) < 4.78 is 12.1. The predicted octanol–water partition coefficient (Wildman–Crippen LogP) is 3.21. The SMILES string of the molecule is COc1ccc(-c2cn(CC#N)c3cc(OC)ccc3c2=O)cc1. The first-order valence-corrected chi connectivity index (χ1v) is 7.40. The fourth-order valence-electron chi connectivity index (χ4n) is 2.68. The number of hydrogen-bond donors (Lipinski definition) is 0. The highest BCUT2D eigenvalue weighted by atomic mass is 16.5. The summed E-state index contributed by atoms with van der Waals surface area (Å²) in [4.78, 5) is 12.9. The highest BCUT2D eigenvalue weighted by molar-refractivity contribution is 5.85. The molecule has 0 radical (unpaired) electrons. The van der Waals surface area contributed by atoms with Crippen molar-refractivity contribution in [2.45, 2.75) is 6.54 Å². The van der Waals surface area contributed by atoms with Crippen LogP contribution in [0, 0.1) is 11.3 Å². The maximum atomic E-state index is 12.9. The fourth-order valence-corrected chi connectivity index (χ4v) is 2.68. The number of aromatic nitrogens is 1. The minimum atomic E-state index is -0.0768. The summed E-state index contributed by atoms with van der Waals surface area (Å²) in [6.45, 7) is 0.146. The number of fused-ring (bicyclic) bond motifs is 1. The molecule has 0 aliphatic heterocycles. The van der Waals surface area contributed by atoms with Crippen LogP contribution < -0.4 is 14.9 Å². The lowest BCUT2D eigenvalue weighted by Gasteiger charge is -2.12. The summed E-state index contributed by atoms with van der Waals surface area (Å²) in [6, 6.07) is 14.7. The Balaban J connectivity index is 2.27. The molecule has 3 aromatic rings. The van der Waals surface area contributed by atoms with Crippen molar-refractivity contribution in [1.82, 2.24) is 4.57 Å². The van der Waals surface area contributed by atoms with E-state index in [0.717, 1.165) is 11.3 Å². The number of ether oxygens (including phenoxy) is 2. The number of nitrogens with zero attached hydrogens (tertiary/aromatic N) is 2. The molecule has 0 amide bonds. The summed E-state index contributed by atoms with van der Waals surface area (Å²) in [6.07, 6.45) is 1.72. The first kappa shape index (κ1) is 15.6. The average molecular weight is 320 g/mol. The Morgan fingerprint density at radius 3 is 2.33 bits per heavy atom. The Kier molecular flexibility index (Phi) is 4.21. The Hall–Kier alpha value is -3.26. The molecule has 0 fully saturated rings. The van der Waals surface area contributed by atoms with Crippen molar-refractivity contribution >= 4 is 10.9 Å². The molecule has 24 heavy (non-hydrogen) atoms. The number of rotatable bonds is 4. The van der Waals surface area contributed by atoms with Crippen molar-refractivity contribution < 1.29 is 9.47 Å². The molecule has 0 atom stereocenters. The average Bonchev–Trinajstić information content (AvgIpc) is 2.64. The summed E-state index contributed by atoms with van der Waals surface area (Å²) in [5.74, 6) is 1.37. The number of benzene rings is 2. The largest absolute Gasteiger partial charge is 0.497 e. The standard InChI is InChI=1S/C19H16N2O3/c1-23-14-5-3-13(4-6-14)17-12-21(10-9-20)18-11-15(24-2)7-8-16(18)19(17)22/h3-8,11-12H,10H2,1-2H3. The van der Waals surface area contributed by atoms with E-state index in [0.29, 0.717) is 22.2 Å². The molecule has 1 heterocycles. The van der Waals surface area contributed by atoms with E-state index < -0.39 is 0 Å². The van der Waals surface area contributed by atoms with Crippen molar-refractivity contribution in [1.29, 1.82) is 5.26 Å². The molecule has 2 aromatic carbocycles. The third-order valence-corrected chi connectivity index (χ3v) is 3.93. The van der Waals surface area contributed by atoms with Gasteiger partial charge in [-0.05, 0) is 29.8 Å². The van der Waals surface area contributed by atoms with E-state index in [4.69, 9.17) is 14.7 Å². The van der Waals surface area contributed by atoms with Crippen LogP contribution in [-0.4, -0.2) is 18.8 Å². The van der Waals surface area contributed by atoms with Gasteiger partial charge in [0.25, 0.3) is 0 Å². The predicted molar refractivity (Wildman–Crippen MR) is 92.4 cm³/mol. The third-order valence-electron chi connectivity index (χ3n) is 3.93. The molecular formula is C19H16N2O3. The number of hydrogen-bond acceptors (Lipinski definition) is 4. The van der Waals surface area contributed by atoms with Gasteiger partial charge in [0.05, 0.1) is 25.8 Å². The lowest BCUT2D eigenvalue weighted by atomic mass is 10.0. The molecule has 0 N–H and O–H groups in total. The zero-order valence-corrected chi connectivity index (χ0v) is 13.4. The lowest BCUT2D eigenvalue weighted by molar-refractivity contribution is 0.415. The van der Waals surface area contributed by atoms with Crippen molar-refractivity contribution in [3.8, 4) is 28.7 Å².